The second-order valence-corrected chi connectivity index (χ2v) is 7.45. The minimum atomic E-state index is -0.341. The Morgan fingerprint density at radius 1 is 1.33 bits per heavy atom. The lowest BCUT2D eigenvalue weighted by molar-refractivity contribution is -0.146. The number of nitriles is 1. The Morgan fingerprint density at radius 2 is 2.04 bits per heavy atom. The van der Waals surface area contributed by atoms with Crippen LogP contribution in [0, 0.1) is 17.2 Å². The molecule has 126 valence electrons. The molecule has 5 nitrogen and oxygen atoms in total. The first kappa shape index (κ1) is 16.8. The second kappa shape index (κ2) is 7.27. The Balaban J connectivity index is 1.63. The lowest BCUT2D eigenvalue weighted by atomic mass is 9.84. The minimum Gasteiger partial charge on any atom is -0.340 e. The largest absolute Gasteiger partial charge is 0.340 e. The molecule has 1 aromatic rings. The maximum atomic E-state index is 12.8. The molecule has 0 aromatic heterocycles. The van der Waals surface area contributed by atoms with E-state index in [-0.39, 0.29) is 23.8 Å². The highest BCUT2D eigenvalue weighted by molar-refractivity contribution is 7.99. The molecule has 1 atom stereocenters. The van der Waals surface area contributed by atoms with Crippen molar-refractivity contribution < 1.29 is 9.59 Å². The summed E-state index contributed by atoms with van der Waals surface area (Å²) in [5, 5.41) is 8.84. The lowest BCUT2D eigenvalue weighted by Gasteiger charge is -2.33. The first-order chi connectivity index (χ1) is 11.6. The van der Waals surface area contributed by atoms with E-state index in [0.717, 1.165) is 24.8 Å². The van der Waals surface area contributed by atoms with Gasteiger partial charge in [0.1, 0.15) is 6.04 Å². The van der Waals surface area contributed by atoms with Gasteiger partial charge in [-0.2, -0.15) is 5.26 Å². The van der Waals surface area contributed by atoms with Crippen molar-refractivity contribution in [2.45, 2.75) is 31.8 Å². The third-order valence-corrected chi connectivity index (χ3v) is 5.80. The number of rotatable bonds is 4. The number of thioether (sulfide) groups is 1. The molecule has 0 radical (unpaired) electrons. The molecule has 1 aliphatic heterocycles. The Kier molecular flexibility index (Phi) is 5.10. The molecule has 1 saturated carbocycles. The van der Waals surface area contributed by atoms with E-state index < -0.39 is 0 Å². The zero-order chi connectivity index (χ0) is 17.1. The van der Waals surface area contributed by atoms with Crippen LogP contribution in [0.2, 0.25) is 0 Å². The van der Waals surface area contributed by atoms with Gasteiger partial charge in [0, 0.05) is 25.3 Å². The summed E-state index contributed by atoms with van der Waals surface area (Å²) in [7, 11) is 1.77. The third kappa shape index (κ3) is 3.41. The van der Waals surface area contributed by atoms with Crippen LogP contribution in [0.5, 0.6) is 0 Å². The van der Waals surface area contributed by atoms with E-state index in [9.17, 15) is 9.59 Å². The van der Waals surface area contributed by atoms with Crippen LogP contribution < -0.4 is 0 Å². The average Bonchev–Trinajstić information content (AvgIpc) is 3.02. The standard InChI is InChI=1S/C18H21N3O2S/c1-20(10-14-7-5-13(9-19)6-8-14)18(23)16-11-24-12-21(16)17(22)15-3-2-4-15/h5-8,15-16H,2-4,10-12H2,1H3. The van der Waals surface area contributed by atoms with E-state index in [2.05, 4.69) is 6.07 Å². The van der Waals surface area contributed by atoms with Crippen LogP contribution in [0.15, 0.2) is 24.3 Å². The summed E-state index contributed by atoms with van der Waals surface area (Å²) >= 11 is 1.65. The van der Waals surface area contributed by atoms with Crippen LogP contribution in [0.25, 0.3) is 0 Å². The van der Waals surface area contributed by atoms with Gasteiger partial charge < -0.3 is 9.80 Å². The van der Waals surface area contributed by atoms with Gasteiger partial charge in [-0.05, 0) is 30.5 Å². The van der Waals surface area contributed by atoms with Gasteiger partial charge in [-0.3, -0.25) is 9.59 Å². The predicted octanol–water partition coefficient (Wildman–Crippen LogP) is 2.22. The summed E-state index contributed by atoms with van der Waals surface area (Å²) in [6.07, 6.45) is 3.04. The fourth-order valence-electron chi connectivity index (χ4n) is 3.05. The van der Waals surface area contributed by atoms with Gasteiger partial charge in [-0.1, -0.05) is 18.6 Å². The highest BCUT2D eigenvalue weighted by atomic mass is 32.2. The number of likely N-dealkylation sites (N-methyl/N-ethyl adjacent to an activating group) is 1. The number of carbonyl (C=O) groups is 2. The molecule has 2 aliphatic rings. The van der Waals surface area contributed by atoms with E-state index in [4.69, 9.17) is 5.26 Å². The lowest BCUT2D eigenvalue weighted by Crippen LogP contribution is -2.50. The maximum Gasteiger partial charge on any atom is 0.246 e. The van der Waals surface area contributed by atoms with Gasteiger partial charge in [0.15, 0.2) is 0 Å². The zero-order valence-corrected chi connectivity index (χ0v) is 14.6. The quantitative estimate of drug-likeness (QED) is 0.841. The van der Waals surface area contributed by atoms with E-state index in [1.165, 1.54) is 0 Å². The molecule has 2 amide bonds. The number of hydrogen-bond acceptors (Lipinski definition) is 4. The second-order valence-electron chi connectivity index (χ2n) is 6.45. The van der Waals surface area contributed by atoms with E-state index in [1.54, 1.807) is 40.7 Å². The molecule has 1 heterocycles. The highest BCUT2D eigenvalue weighted by Crippen LogP contribution is 2.32. The molecule has 1 aromatic carbocycles. The molecular formula is C18H21N3O2S. The Labute approximate surface area is 146 Å². The Hall–Kier alpha value is -2.00. The molecule has 1 saturated heterocycles. The number of carbonyl (C=O) groups excluding carboxylic acids is 2. The van der Waals surface area contributed by atoms with Crippen LogP contribution in [0.3, 0.4) is 0 Å². The minimum absolute atomic E-state index is 0.00275. The van der Waals surface area contributed by atoms with Gasteiger partial charge in [0.25, 0.3) is 0 Å². The first-order valence-electron chi connectivity index (χ1n) is 8.22. The van der Waals surface area contributed by atoms with Crippen molar-refractivity contribution >= 4 is 23.6 Å². The smallest absolute Gasteiger partial charge is 0.246 e. The molecular weight excluding hydrogens is 322 g/mol. The van der Waals surface area contributed by atoms with Crippen molar-refractivity contribution in [2.24, 2.45) is 5.92 Å². The van der Waals surface area contributed by atoms with Crippen molar-refractivity contribution in [1.82, 2.24) is 9.80 Å². The maximum absolute atomic E-state index is 12.8. The summed E-state index contributed by atoms with van der Waals surface area (Å²) in [6.45, 7) is 0.483. The fraction of sp³-hybridized carbons (Fsp3) is 0.500. The van der Waals surface area contributed by atoms with Gasteiger partial charge in [0.2, 0.25) is 11.8 Å². The van der Waals surface area contributed by atoms with Crippen LogP contribution in [0.1, 0.15) is 30.4 Å². The van der Waals surface area contributed by atoms with E-state index in [0.29, 0.717) is 23.7 Å². The van der Waals surface area contributed by atoms with Crippen molar-refractivity contribution in [3.05, 3.63) is 35.4 Å². The molecule has 6 heteroatoms. The molecule has 24 heavy (non-hydrogen) atoms. The van der Waals surface area contributed by atoms with Crippen molar-refractivity contribution in [3.8, 4) is 6.07 Å². The molecule has 0 N–H and O–H groups in total. The van der Waals surface area contributed by atoms with Crippen LogP contribution in [-0.2, 0) is 16.1 Å². The number of amides is 2. The Morgan fingerprint density at radius 3 is 2.62 bits per heavy atom. The van der Waals surface area contributed by atoms with Crippen LogP contribution in [0.4, 0.5) is 0 Å². The van der Waals surface area contributed by atoms with Crippen LogP contribution in [-0.4, -0.2) is 46.3 Å². The summed E-state index contributed by atoms with van der Waals surface area (Å²) in [6, 6.07) is 8.99. The number of nitrogens with zero attached hydrogens (tertiary/aromatic N) is 3. The topological polar surface area (TPSA) is 64.4 Å². The number of hydrogen-bond donors (Lipinski definition) is 0. The zero-order valence-electron chi connectivity index (χ0n) is 13.8. The molecule has 3 rings (SSSR count). The SMILES string of the molecule is CN(Cc1ccc(C#N)cc1)C(=O)C1CSCN1C(=O)C1CCC1. The van der Waals surface area contributed by atoms with Gasteiger partial charge in [-0.25, -0.2) is 0 Å². The summed E-state index contributed by atoms with van der Waals surface area (Å²) in [5.41, 5.74) is 1.59. The number of benzene rings is 1. The summed E-state index contributed by atoms with van der Waals surface area (Å²) < 4.78 is 0. The van der Waals surface area contributed by atoms with Gasteiger partial charge in [0.05, 0.1) is 17.5 Å². The third-order valence-electron chi connectivity index (χ3n) is 4.78. The molecule has 1 unspecified atom stereocenters. The Bertz CT molecular complexity index is 664. The van der Waals surface area contributed by atoms with Crippen LogP contribution >= 0.6 is 11.8 Å². The molecule has 0 spiro atoms. The van der Waals surface area contributed by atoms with Gasteiger partial charge >= 0.3 is 0 Å². The van der Waals surface area contributed by atoms with Gasteiger partial charge in [-0.15, -0.1) is 11.8 Å². The molecule has 1 aliphatic carbocycles. The van der Waals surface area contributed by atoms with E-state index in [1.807, 2.05) is 12.1 Å². The normalized spacial score (nSPS) is 20.3. The summed E-state index contributed by atoms with van der Waals surface area (Å²) in [4.78, 5) is 28.7. The predicted molar refractivity (Wildman–Crippen MR) is 92.9 cm³/mol. The van der Waals surface area contributed by atoms with Crippen molar-refractivity contribution in [2.75, 3.05) is 18.7 Å². The van der Waals surface area contributed by atoms with E-state index >= 15 is 0 Å². The monoisotopic (exact) mass is 343 g/mol. The summed E-state index contributed by atoms with van der Waals surface area (Å²) in [5.74, 6) is 1.57. The first-order valence-corrected chi connectivity index (χ1v) is 9.38. The molecule has 2 fully saturated rings. The average molecular weight is 343 g/mol. The van der Waals surface area contributed by atoms with Crippen molar-refractivity contribution in [3.63, 3.8) is 0 Å². The van der Waals surface area contributed by atoms with Crippen molar-refractivity contribution in [1.29, 1.82) is 5.26 Å². The molecule has 0 bridgehead atoms. The fourth-order valence-corrected chi connectivity index (χ4v) is 4.20. The highest BCUT2D eigenvalue weighted by Gasteiger charge is 2.40.